The summed E-state index contributed by atoms with van der Waals surface area (Å²) in [5.41, 5.74) is 5.86. The average molecular weight is 594 g/mol. The quantitative estimate of drug-likeness (QED) is 0.116. The Morgan fingerprint density at radius 1 is 0.818 bits per heavy atom. The van der Waals surface area contributed by atoms with Crippen molar-refractivity contribution < 1.29 is 19.4 Å². The van der Waals surface area contributed by atoms with E-state index in [1.54, 1.807) is 24.3 Å². The van der Waals surface area contributed by atoms with E-state index in [9.17, 15) is 14.7 Å². The molecule has 4 rings (SSSR count). The summed E-state index contributed by atoms with van der Waals surface area (Å²) in [6, 6.07) is 20.1. The number of unbranched alkanes of at least 4 members (excludes halogenated alkanes) is 3. The summed E-state index contributed by atoms with van der Waals surface area (Å²) in [7, 11) is 0. The molecule has 0 aromatic heterocycles. The van der Waals surface area contributed by atoms with Gasteiger partial charge >= 0.3 is 0 Å². The second kappa shape index (κ2) is 15.2. The zero-order valence-electron chi connectivity index (χ0n) is 27.0. The molecule has 0 saturated heterocycles. The Morgan fingerprint density at radius 2 is 1.45 bits per heavy atom. The van der Waals surface area contributed by atoms with Gasteiger partial charge in [-0.15, -0.1) is 0 Å². The minimum atomic E-state index is -0.933. The molecule has 3 aromatic rings. The van der Waals surface area contributed by atoms with Gasteiger partial charge in [0, 0.05) is 18.0 Å². The molecule has 0 fully saturated rings. The number of hydrogen-bond acceptors (Lipinski definition) is 4. The maximum atomic E-state index is 12.6. The molecular formula is C39H47NO4. The molecule has 5 heteroatoms. The van der Waals surface area contributed by atoms with Gasteiger partial charge in [-0.25, -0.2) is 0 Å². The van der Waals surface area contributed by atoms with E-state index in [-0.39, 0.29) is 17.7 Å². The minimum absolute atomic E-state index is 0.189. The van der Waals surface area contributed by atoms with Crippen LogP contribution in [0.1, 0.15) is 127 Å². The van der Waals surface area contributed by atoms with Gasteiger partial charge in [-0.05, 0) is 98.9 Å². The van der Waals surface area contributed by atoms with Crippen LogP contribution in [0, 0.1) is 25.7 Å². The highest BCUT2D eigenvalue weighted by atomic mass is 16.5. The first-order valence-electron chi connectivity index (χ1n) is 16.3. The lowest BCUT2D eigenvalue weighted by Gasteiger charge is -2.21. The van der Waals surface area contributed by atoms with E-state index in [1.165, 1.54) is 16.0 Å². The summed E-state index contributed by atoms with van der Waals surface area (Å²) in [5.74, 6) is 7.12. The lowest BCUT2D eigenvalue weighted by atomic mass is 9.85. The molecule has 44 heavy (non-hydrogen) atoms. The number of nitrogens with zero attached hydrogens (tertiary/aromatic N) is 1. The van der Waals surface area contributed by atoms with Crippen molar-refractivity contribution in [3.63, 3.8) is 0 Å². The fraction of sp³-hybridized carbons (Fsp3) is 0.436. The van der Waals surface area contributed by atoms with Crippen molar-refractivity contribution in [2.75, 3.05) is 13.2 Å². The monoisotopic (exact) mass is 593 g/mol. The van der Waals surface area contributed by atoms with Crippen molar-refractivity contribution in [1.29, 1.82) is 0 Å². The topological polar surface area (TPSA) is 66.8 Å². The maximum Gasteiger partial charge on any atom is 0.261 e. The Balaban J connectivity index is 1.34. The largest absolute Gasteiger partial charge is 0.493 e. The Hall–Kier alpha value is -3.88. The first-order valence-corrected chi connectivity index (χ1v) is 16.3. The summed E-state index contributed by atoms with van der Waals surface area (Å²) in [5, 5.41) is 10.6. The van der Waals surface area contributed by atoms with Crippen LogP contribution in [0.2, 0.25) is 0 Å². The molecule has 1 atom stereocenters. The van der Waals surface area contributed by atoms with Crippen LogP contribution in [-0.2, 0) is 0 Å². The zero-order chi connectivity index (χ0) is 31.7. The summed E-state index contributed by atoms with van der Waals surface area (Å²) < 4.78 is 6.15. The van der Waals surface area contributed by atoms with Crippen molar-refractivity contribution in [3.8, 4) is 17.6 Å². The Labute approximate surface area is 263 Å². The highest BCUT2D eigenvalue weighted by Crippen LogP contribution is 2.34. The number of hydrogen-bond donors (Lipinski definition) is 1. The van der Waals surface area contributed by atoms with E-state index in [4.69, 9.17) is 4.74 Å². The van der Waals surface area contributed by atoms with Crippen molar-refractivity contribution in [2.24, 2.45) is 0 Å². The number of carbonyl (C=O) groups excluding carboxylic acids is 2. The number of aliphatic hydroxyl groups is 1. The van der Waals surface area contributed by atoms with Crippen LogP contribution >= 0.6 is 0 Å². The third-order valence-corrected chi connectivity index (χ3v) is 8.86. The standard InChI is InChI=1S/C39H47NO4/c1-6-9-15-33(31-19-18-30(28(4)26-31)22-23-39(43,7-2)8-3)32-20-21-36(29(5)27-32)44-25-14-10-13-24-40-37(41)34-16-11-12-17-35(34)38(40)42/h11-12,16-21,26-27,33,43H,6-10,13-15,24-25H2,1-5H3. The second-order valence-corrected chi connectivity index (χ2v) is 12.0. The van der Waals surface area contributed by atoms with Crippen molar-refractivity contribution in [2.45, 2.75) is 97.5 Å². The smallest absolute Gasteiger partial charge is 0.261 e. The summed E-state index contributed by atoms with van der Waals surface area (Å²) in [4.78, 5) is 26.5. The SMILES string of the molecule is CCCCC(c1ccc(C#CC(O)(CC)CC)c(C)c1)c1ccc(OCCCCCN2C(=O)c3ccccc3C2=O)c(C)c1. The van der Waals surface area contributed by atoms with Crippen LogP contribution < -0.4 is 4.74 Å². The molecule has 0 radical (unpaired) electrons. The maximum absolute atomic E-state index is 12.6. The number of fused-ring (bicyclic) bond motifs is 1. The molecule has 1 N–H and O–H groups in total. The Morgan fingerprint density at radius 3 is 2.05 bits per heavy atom. The van der Waals surface area contributed by atoms with Crippen LogP contribution in [0.3, 0.4) is 0 Å². The van der Waals surface area contributed by atoms with Gasteiger partial charge in [-0.2, -0.15) is 0 Å². The van der Waals surface area contributed by atoms with Crippen LogP contribution in [0.25, 0.3) is 0 Å². The van der Waals surface area contributed by atoms with Crippen molar-refractivity contribution in [1.82, 2.24) is 4.90 Å². The van der Waals surface area contributed by atoms with Gasteiger partial charge < -0.3 is 9.84 Å². The third kappa shape index (κ3) is 7.79. The predicted molar refractivity (Wildman–Crippen MR) is 177 cm³/mol. The number of amides is 2. The van der Waals surface area contributed by atoms with E-state index in [2.05, 4.69) is 69.0 Å². The highest BCUT2D eigenvalue weighted by Gasteiger charge is 2.34. The van der Waals surface area contributed by atoms with Gasteiger partial charge in [0.25, 0.3) is 11.8 Å². The van der Waals surface area contributed by atoms with Gasteiger partial charge in [0.15, 0.2) is 0 Å². The van der Waals surface area contributed by atoms with Gasteiger partial charge in [-0.1, -0.05) is 81.9 Å². The van der Waals surface area contributed by atoms with Gasteiger partial charge in [0.2, 0.25) is 0 Å². The van der Waals surface area contributed by atoms with E-state index >= 15 is 0 Å². The highest BCUT2D eigenvalue weighted by molar-refractivity contribution is 6.21. The molecule has 0 spiro atoms. The molecule has 0 saturated carbocycles. The lowest BCUT2D eigenvalue weighted by molar-refractivity contribution is 0.0651. The number of ether oxygens (including phenoxy) is 1. The fourth-order valence-electron chi connectivity index (χ4n) is 5.81. The number of rotatable bonds is 14. The van der Waals surface area contributed by atoms with E-state index in [0.717, 1.165) is 61.0 Å². The van der Waals surface area contributed by atoms with Crippen LogP contribution in [0.15, 0.2) is 60.7 Å². The summed E-state index contributed by atoms with van der Waals surface area (Å²) in [6.45, 7) is 11.4. The second-order valence-electron chi connectivity index (χ2n) is 12.0. The van der Waals surface area contributed by atoms with Gasteiger partial charge in [-0.3, -0.25) is 14.5 Å². The Bertz CT molecular complexity index is 1490. The van der Waals surface area contributed by atoms with E-state index in [0.29, 0.717) is 37.1 Å². The van der Waals surface area contributed by atoms with Crippen LogP contribution in [-0.4, -0.2) is 40.6 Å². The molecule has 1 aliphatic rings. The number of carbonyl (C=O) groups is 2. The number of aryl methyl sites for hydroxylation is 2. The molecule has 1 aliphatic heterocycles. The molecule has 0 aliphatic carbocycles. The molecule has 1 heterocycles. The first-order chi connectivity index (χ1) is 21.2. The molecule has 232 valence electrons. The van der Waals surface area contributed by atoms with Gasteiger partial charge in [0.1, 0.15) is 11.4 Å². The van der Waals surface area contributed by atoms with Crippen molar-refractivity contribution >= 4 is 11.8 Å². The zero-order valence-corrected chi connectivity index (χ0v) is 27.0. The van der Waals surface area contributed by atoms with Crippen LogP contribution in [0.5, 0.6) is 5.75 Å². The molecule has 2 amide bonds. The first kappa shape index (κ1) is 33.0. The molecule has 5 nitrogen and oxygen atoms in total. The van der Waals surface area contributed by atoms with Crippen molar-refractivity contribution in [3.05, 3.63) is 99.6 Å². The minimum Gasteiger partial charge on any atom is -0.493 e. The third-order valence-electron chi connectivity index (χ3n) is 8.86. The lowest BCUT2D eigenvalue weighted by Crippen LogP contribution is -2.30. The van der Waals surface area contributed by atoms with Gasteiger partial charge in [0.05, 0.1) is 17.7 Å². The van der Waals surface area contributed by atoms with Crippen LogP contribution in [0.4, 0.5) is 0 Å². The van der Waals surface area contributed by atoms with E-state index < -0.39 is 5.60 Å². The summed E-state index contributed by atoms with van der Waals surface area (Å²) >= 11 is 0. The molecule has 1 unspecified atom stereocenters. The Kier molecular flexibility index (Phi) is 11.4. The number of imide groups is 1. The van der Waals surface area contributed by atoms with E-state index in [1.807, 2.05) is 13.8 Å². The predicted octanol–water partition coefficient (Wildman–Crippen LogP) is 8.37. The molecule has 0 bridgehead atoms. The average Bonchev–Trinajstić information content (AvgIpc) is 3.27. The molecule has 3 aromatic carbocycles. The summed E-state index contributed by atoms with van der Waals surface area (Å²) in [6.07, 6.45) is 7.06. The molecular weight excluding hydrogens is 546 g/mol. The normalized spacial score (nSPS) is 13.5. The fourth-order valence-corrected chi connectivity index (χ4v) is 5.81. The number of benzene rings is 3.